The predicted octanol–water partition coefficient (Wildman–Crippen LogP) is 3.74. The van der Waals surface area contributed by atoms with E-state index in [9.17, 15) is 0 Å². The lowest BCUT2D eigenvalue weighted by molar-refractivity contribution is 0.371. The molecule has 0 saturated carbocycles. The minimum absolute atomic E-state index is 0.166. The van der Waals surface area contributed by atoms with E-state index in [4.69, 9.17) is 11.5 Å². The molecule has 0 aliphatic carbocycles. The van der Waals surface area contributed by atoms with Crippen LogP contribution in [0.15, 0.2) is 9.98 Å². The molecule has 1 aliphatic heterocycles. The van der Waals surface area contributed by atoms with Crippen LogP contribution in [0, 0.1) is 0 Å². The first-order valence-corrected chi connectivity index (χ1v) is 9.98. The Morgan fingerprint density at radius 1 is 0.731 bits per heavy atom. The molecule has 26 heavy (non-hydrogen) atoms. The Kier molecular flexibility index (Phi) is 8.44. The summed E-state index contributed by atoms with van der Waals surface area (Å²) in [4.78, 5) is 21.3. The molecule has 0 spiro atoms. The van der Waals surface area contributed by atoms with E-state index < -0.39 is 0 Å². The van der Waals surface area contributed by atoms with E-state index in [1.807, 2.05) is 0 Å². The summed E-state index contributed by atoms with van der Waals surface area (Å²) < 4.78 is 0. The fourth-order valence-corrected chi connectivity index (χ4v) is 3.36. The van der Waals surface area contributed by atoms with E-state index in [1.54, 1.807) is 12.4 Å². The minimum Gasteiger partial charge on any atom is -0.368 e. The second-order valence-electron chi connectivity index (χ2n) is 7.09. The van der Waals surface area contributed by atoms with Crippen molar-refractivity contribution < 1.29 is 0 Å². The zero-order chi connectivity index (χ0) is 18.7. The molecule has 2 heterocycles. The van der Waals surface area contributed by atoms with Gasteiger partial charge in [0.2, 0.25) is 11.9 Å². The molecular weight excluding hydrogens is 326 g/mol. The van der Waals surface area contributed by atoms with Crippen molar-refractivity contribution in [3.63, 3.8) is 0 Å². The predicted molar refractivity (Wildman–Crippen MR) is 109 cm³/mol. The molecule has 7 heteroatoms. The number of hydrogen-bond acceptors (Lipinski definition) is 7. The summed E-state index contributed by atoms with van der Waals surface area (Å²) in [5, 5.41) is 0. The zero-order valence-corrected chi connectivity index (χ0v) is 16.0. The lowest BCUT2D eigenvalue weighted by Crippen LogP contribution is -2.23. The number of aromatic nitrogens is 3. The Morgan fingerprint density at radius 2 is 1.27 bits per heavy atom. The molecule has 1 aromatic heterocycles. The monoisotopic (exact) mass is 359 g/mol. The molecule has 2 rings (SSSR count). The average Bonchev–Trinajstić information content (AvgIpc) is 3.07. The van der Waals surface area contributed by atoms with Gasteiger partial charge in [0.15, 0.2) is 5.66 Å². The van der Waals surface area contributed by atoms with E-state index in [2.05, 4.69) is 31.9 Å². The molecule has 0 radical (unpaired) electrons. The quantitative estimate of drug-likeness (QED) is 0.520. The molecule has 144 valence electrons. The molecule has 7 nitrogen and oxygen atoms in total. The van der Waals surface area contributed by atoms with Gasteiger partial charge in [-0.15, -0.1) is 0 Å². The minimum atomic E-state index is -0.364. The Hall–Kier alpha value is -2.05. The normalized spacial score (nSPS) is 15.0. The Bertz CT molecular complexity index is 565. The van der Waals surface area contributed by atoms with Gasteiger partial charge in [0.25, 0.3) is 0 Å². The van der Waals surface area contributed by atoms with Crippen molar-refractivity contribution in [1.82, 2.24) is 15.0 Å². The van der Waals surface area contributed by atoms with Gasteiger partial charge in [-0.25, -0.2) is 0 Å². The maximum absolute atomic E-state index is 5.64. The van der Waals surface area contributed by atoms with E-state index in [-0.39, 0.29) is 17.6 Å². The maximum atomic E-state index is 5.64. The van der Waals surface area contributed by atoms with Crippen LogP contribution in [0.5, 0.6) is 0 Å². The number of nitrogens with two attached hydrogens (primary N) is 2. The number of unbranched alkanes of at least 4 members (excludes halogenated alkanes) is 8. The third kappa shape index (κ3) is 7.06. The third-order valence-corrected chi connectivity index (χ3v) is 4.84. The van der Waals surface area contributed by atoms with Crippen molar-refractivity contribution in [2.45, 2.75) is 89.6 Å². The second kappa shape index (κ2) is 10.8. The Balaban J connectivity index is 1.69. The summed E-state index contributed by atoms with van der Waals surface area (Å²) in [6.07, 6.45) is 17.8. The largest absolute Gasteiger partial charge is 0.368 e. The van der Waals surface area contributed by atoms with Gasteiger partial charge in [-0.1, -0.05) is 58.3 Å². The molecule has 0 atom stereocenters. The molecule has 0 saturated heterocycles. The van der Waals surface area contributed by atoms with Gasteiger partial charge in [-0.2, -0.15) is 15.0 Å². The molecular formula is C19H33N7. The van der Waals surface area contributed by atoms with Gasteiger partial charge in [0.1, 0.15) is 5.82 Å². The van der Waals surface area contributed by atoms with Crippen LogP contribution in [-0.2, 0) is 6.42 Å². The third-order valence-electron chi connectivity index (χ3n) is 4.84. The average molecular weight is 360 g/mol. The molecule has 0 fully saturated rings. The fraction of sp³-hybridized carbons (Fsp3) is 0.737. The molecule has 0 amide bonds. The SMILES string of the molecule is CCCCCCCCCCCC1(CCc2nc(N)nc(N)n2)N=CC=N1. The smallest absolute Gasteiger partial charge is 0.225 e. The number of aryl methyl sites for hydroxylation is 1. The van der Waals surface area contributed by atoms with E-state index >= 15 is 0 Å². The van der Waals surface area contributed by atoms with E-state index in [1.165, 1.54) is 51.4 Å². The molecule has 4 N–H and O–H groups in total. The molecule has 1 aromatic rings. The van der Waals surface area contributed by atoms with Crippen molar-refractivity contribution in [1.29, 1.82) is 0 Å². The highest BCUT2D eigenvalue weighted by Gasteiger charge is 2.29. The van der Waals surface area contributed by atoms with Crippen molar-refractivity contribution in [2.24, 2.45) is 9.98 Å². The molecule has 0 aromatic carbocycles. The molecule has 0 unspecified atom stereocenters. The summed E-state index contributed by atoms with van der Waals surface area (Å²) >= 11 is 0. The number of nitrogens with zero attached hydrogens (tertiary/aromatic N) is 5. The summed E-state index contributed by atoms with van der Waals surface area (Å²) in [5.74, 6) is 0.941. The summed E-state index contributed by atoms with van der Waals surface area (Å²) in [6, 6.07) is 0. The van der Waals surface area contributed by atoms with Crippen LogP contribution in [0.25, 0.3) is 0 Å². The highest BCUT2D eigenvalue weighted by Crippen LogP contribution is 2.29. The molecule has 1 aliphatic rings. The first-order valence-electron chi connectivity index (χ1n) is 9.98. The van der Waals surface area contributed by atoms with Crippen LogP contribution in [0.1, 0.15) is 83.4 Å². The van der Waals surface area contributed by atoms with Crippen LogP contribution in [0.2, 0.25) is 0 Å². The van der Waals surface area contributed by atoms with Crippen molar-refractivity contribution in [3.05, 3.63) is 5.82 Å². The molecule has 0 bridgehead atoms. The first kappa shape index (κ1) is 20.3. The van der Waals surface area contributed by atoms with Crippen LogP contribution < -0.4 is 11.5 Å². The second-order valence-corrected chi connectivity index (χ2v) is 7.09. The van der Waals surface area contributed by atoms with Crippen molar-refractivity contribution in [2.75, 3.05) is 11.5 Å². The Morgan fingerprint density at radius 3 is 1.85 bits per heavy atom. The standard InChI is InChI=1S/C19H33N7/c1-2-3-4-5-6-7-8-9-10-12-19(22-14-15-23-19)13-11-16-24-17(20)26-18(21)25-16/h14-15H,2-13H2,1H3,(H4,20,21,24,25,26). The maximum Gasteiger partial charge on any atom is 0.225 e. The van der Waals surface area contributed by atoms with Gasteiger partial charge in [0.05, 0.1) is 0 Å². The van der Waals surface area contributed by atoms with Gasteiger partial charge < -0.3 is 11.5 Å². The van der Waals surface area contributed by atoms with E-state index in [0.717, 1.165) is 19.3 Å². The lowest BCUT2D eigenvalue weighted by atomic mass is 9.96. The summed E-state index contributed by atoms with van der Waals surface area (Å²) in [7, 11) is 0. The van der Waals surface area contributed by atoms with Crippen LogP contribution >= 0.6 is 0 Å². The number of aliphatic imine (C=N–C) groups is 2. The van der Waals surface area contributed by atoms with Crippen LogP contribution in [0.3, 0.4) is 0 Å². The van der Waals surface area contributed by atoms with Crippen LogP contribution in [-0.4, -0.2) is 33.0 Å². The highest BCUT2D eigenvalue weighted by molar-refractivity contribution is 6.17. The van der Waals surface area contributed by atoms with Gasteiger partial charge in [-0.05, 0) is 19.3 Å². The fourth-order valence-electron chi connectivity index (χ4n) is 3.36. The summed E-state index contributed by atoms with van der Waals surface area (Å²) in [5.41, 5.74) is 10.9. The van der Waals surface area contributed by atoms with Gasteiger partial charge in [0, 0.05) is 18.9 Å². The van der Waals surface area contributed by atoms with Crippen molar-refractivity contribution in [3.8, 4) is 0 Å². The van der Waals surface area contributed by atoms with Gasteiger partial charge >= 0.3 is 0 Å². The van der Waals surface area contributed by atoms with Gasteiger partial charge in [-0.3, -0.25) is 9.98 Å². The topological polar surface area (TPSA) is 115 Å². The van der Waals surface area contributed by atoms with Crippen molar-refractivity contribution >= 4 is 24.3 Å². The van der Waals surface area contributed by atoms with E-state index in [0.29, 0.717) is 12.2 Å². The number of anilines is 2. The summed E-state index contributed by atoms with van der Waals surface area (Å²) in [6.45, 7) is 2.26. The van der Waals surface area contributed by atoms with Crippen LogP contribution in [0.4, 0.5) is 11.9 Å². The number of nitrogen functional groups attached to an aromatic ring is 2. The number of rotatable bonds is 13. The first-order chi connectivity index (χ1) is 12.6. The Labute approximate surface area is 156 Å². The zero-order valence-electron chi connectivity index (χ0n) is 16.0. The highest BCUT2D eigenvalue weighted by atomic mass is 15.1. The number of hydrogen-bond donors (Lipinski definition) is 2. The lowest BCUT2D eigenvalue weighted by Gasteiger charge is -2.22.